The van der Waals surface area contributed by atoms with E-state index in [0.29, 0.717) is 19.5 Å². The fourth-order valence-corrected chi connectivity index (χ4v) is 2.71. The number of hydrogen-bond acceptors (Lipinski definition) is 4. The van der Waals surface area contributed by atoms with Crippen molar-refractivity contribution in [1.29, 1.82) is 0 Å². The van der Waals surface area contributed by atoms with Gasteiger partial charge in [0.15, 0.2) is 0 Å². The molecule has 1 aliphatic heterocycles. The first-order chi connectivity index (χ1) is 10.5. The minimum atomic E-state index is -0.987. The quantitative estimate of drug-likeness (QED) is 0.701. The predicted molar refractivity (Wildman–Crippen MR) is 90.4 cm³/mol. The molecule has 7 heteroatoms. The van der Waals surface area contributed by atoms with E-state index in [9.17, 15) is 14.7 Å². The van der Waals surface area contributed by atoms with Crippen molar-refractivity contribution >= 4 is 24.2 Å². The molecule has 0 radical (unpaired) electrons. The third-order valence-electron chi connectivity index (χ3n) is 3.89. The van der Waals surface area contributed by atoms with Crippen LogP contribution < -0.4 is 10.6 Å². The Balaban J connectivity index is 0.00000264. The highest BCUT2D eigenvalue weighted by Gasteiger charge is 2.36. The van der Waals surface area contributed by atoms with Crippen LogP contribution in [0.15, 0.2) is 30.3 Å². The molecule has 1 aromatic rings. The number of aliphatic hydroxyl groups is 1. The summed E-state index contributed by atoms with van der Waals surface area (Å²) < 4.78 is 0. The van der Waals surface area contributed by atoms with E-state index in [2.05, 4.69) is 10.6 Å². The van der Waals surface area contributed by atoms with E-state index in [0.717, 1.165) is 5.56 Å². The molecule has 1 aromatic carbocycles. The Morgan fingerprint density at radius 1 is 1.43 bits per heavy atom. The number of benzene rings is 1. The number of halogens is 1. The summed E-state index contributed by atoms with van der Waals surface area (Å²) in [5.74, 6) is -0.376. The summed E-state index contributed by atoms with van der Waals surface area (Å²) in [5.41, 5.74) is 0.997. The zero-order valence-electron chi connectivity index (χ0n) is 13.4. The molecule has 2 unspecified atom stereocenters. The first-order valence-corrected chi connectivity index (χ1v) is 7.46. The van der Waals surface area contributed by atoms with Crippen LogP contribution in [0.3, 0.4) is 0 Å². The Morgan fingerprint density at radius 3 is 2.70 bits per heavy atom. The minimum Gasteiger partial charge on any atom is -0.389 e. The second-order valence-corrected chi connectivity index (χ2v) is 5.68. The highest BCUT2D eigenvalue weighted by molar-refractivity contribution is 5.85. The highest BCUT2D eigenvalue weighted by atomic mass is 35.5. The molecule has 128 valence electrons. The van der Waals surface area contributed by atoms with E-state index in [4.69, 9.17) is 0 Å². The lowest BCUT2D eigenvalue weighted by Gasteiger charge is -2.36. The van der Waals surface area contributed by atoms with Crippen LogP contribution in [-0.4, -0.2) is 60.1 Å². The molecule has 3 N–H and O–H groups in total. The summed E-state index contributed by atoms with van der Waals surface area (Å²) >= 11 is 0. The molecule has 1 heterocycles. The normalized spacial score (nSPS) is 20.4. The van der Waals surface area contributed by atoms with Gasteiger partial charge in [0.2, 0.25) is 11.8 Å². The number of amides is 2. The number of carbonyl (C=O) groups excluding carboxylic acids is 2. The molecular weight excluding hydrogens is 318 g/mol. The Labute approximate surface area is 142 Å². The van der Waals surface area contributed by atoms with Crippen molar-refractivity contribution in [2.75, 3.05) is 20.1 Å². The molecule has 1 aliphatic rings. The molecule has 6 nitrogen and oxygen atoms in total. The van der Waals surface area contributed by atoms with Crippen LogP contribution in [0.2, 0.25) is 0 Å². The van der Waals surface area contributed by atoms with Gasteiger partial charge in [0, 0.05) is 27.1 Å². The molecule has 2 rings (SSSR count). The number of piperazine rings is 1. The van der Waals surface area contributed by atoms with Gasteiger partial charge in [0.25, 0.3) is 0 Å². The van der Waals surface area contributed by atoms with Gasteiger partial charge in [-0.2, -0.15) is 0 Å². The van der Waals surface area contributed by atoms with Crippen LogP contribution in [-0.2, 0) is 16.0 Å². The Kier molecular flexibility index (Phi) is 7.48. The van der Waals surface area contributed by atoms with Crippen molar-refractivity contribution < 1.29 is 14.7 Å². The first-order valence-electron chi connectivity index (χ1n) is 7.46. The monoisotopic (exact) mass is 341 g/mol. The Hall–Kier alpha value is -1.63. The summed E-state index contributed by atoms with van der Waals surface area (Å²) in [6, 6.07) is 8.38. The molecule has 3 atom stereocenters. The molecule has 1 fully saturated rings. The van der Waals surface area contributed by atoms with Crippen molar-refractivity contribution in [1.82, 2.24) is 15.5 Å². The lowest BCUT2D eigenvalue weighted by Crippen LogP contribution is -2.63. The number of nitrogens with zero attached hydrogens (tertiary/aromatic N) is 1. The van der Waals surface area contributed by atoms with E-state index in [1.54, 1.807) is 11.9 Å². The topological polar surface area (TPSA) is 81.7 Å². The lowest BCUT2D eigenvalue weighted by molar-refractivity contribution is -0.138. The predicted octanol–water partition coefficient (Wildman–Crippen LogP) is -0.0533. The Bertz CT molecular complexity index is 527. The number of rotatable bonds is 5. The SMILES string of the molecule is CC(=O)NC(Cc1ccccc1)[C@H](O)C1NCCN(C)C1=O.Cl. The van der Waals surface area contributed by atoms with Gasteiger partial charge in [-0.05, 0) is 12.0 Å². The van der Waals surface area contributed by atoms with Gasteiger partial charge in [-0.1, -0.05) is 30.3 Å². The third kappa shape index (κ3) is 5.20. The number of hydrogen-bond donors (Lipinski definition) is 3. The van der Waals surface area contributed by atoms with Crippen molar-refractivity contribution in [3.63, 3.8) is 0 Å². The van der Waals surface area contributed by atoms with Gasteiger partial charge in [0.05, 0.1) is 12.1 Å². The molecule has 0 aromatic heterocycles. The smallest absolute Gasteiger partial charge is 0.242 e. The van der Waals surface area contributed by atoms with E-state index in [-0.39, 0.29) is 24.2 Å². The van der Waals surface area contributed by atoms with Crippen LogP contribution in [0.25, 0.3) is 0 Å². The summed E-state index contributed by atoms with van der Waals surface area (Å²) in [5, 5.41) is 16.4. The van der Waals surface area contributed by atoms with Crippen molar-refractivity contribution in [2.45, 2.75) is 31.5 Å². The van der Waals surface area contributed by atoms with Gasteiger partial charge in [-0.3, -0.25) is 9.59 Å². The van der Waals surface area contributed by atoms with Crippen LogP contribution >= 0.6 is 12.4 Å². The maximum absolute atomic E-state index is 12.2. The van der Waals surface area contributed by atoms with Crippen LogP contribution in [0.5, 0.6) is 0 Å². The Morgan fingerprint density at radius 2 is 2.09 bits per heavy atom. The van der Waals surface area contributed by atoms with Crippen molar-refractivity contribution in [2.24, 2.45) is 0 Å². The summed E-state index contributed by atoms with van der Waals surface area (Å²) in [6.07, 6.45) is -0.518. The third-order valence-corrected chi connectivity index (χ3v) is 3.89. The molecule has 0 aliphatic carbocycles. The van der Waals surface area contributed by atoms with Gasteiger partial charge in [-0.15, -0.1) is 12.4 Å². The maximum Gasteiger partial charge on any atom is 0.242 e. The van der Waals surface area contributed by atoms with Gasteiger partial charge < -0.3 is 20.6 Å². The first kappa shape index (κ1) is 19.4. The average Bonchev–Trinajstić information content (AvgIpc) is 2.49. The fraction of sp³-hybridized carbons (Fsp3) is 0.500. The highest BCUT2D eigenvalue weighted by Crippen LogP contribution is 2.12. The number of carbonyl (C=O) groups is 2. The summed E-state index contributed by atoms with van der Waals surface area (Å²) in [7, 11) is 1.72. The molecule has 0 saturated carbocycles. The van der Waals surface area contributed by atoms with Crippen LogP contribution in [0.4, 0.5) is 0 Å². The minimum absolute atomic E-state index is 0. The zero-order valence-corrected chi connectivity index (χ0v) is 14.2. The second kappa shape index (κ2) is 8.86. The fourth-order valence-electron chi connectivity index (χ4n) is 2.71. The molecular formula is C16H24ClN3O3. The van der Waals surface area contributed by atoms with Crippen LogP contribution in [0, 0.1) is 0 Å². The standard InChI is InChI=1S/C16H23N3O3.ClH/c1-11(20)18-13(10-12-6-4-3-5-7-12)15(21)14-16(22)19(2)9-8-17-14;/h3-7,13-15,17,21H,8-10H2,1-2H3,(H,18,20);1H/t13?,14?,15-;/m0./s1. The largest absolute Gasteiger partial charge is 0.389 e. The number of nitrogens with one attached hydrogen (secondary N) is 2. The molecule has 0 spiro atoms. The van der Waals surface area contributed by atoms with E-state index in [1.807, 2.05) is 30.3 Å². The molecule has 1 saturated heterocycles. The van der Waals surface area contributed by atoms with Gasteiger partial charge in [-0.25, -0.2) is 0 Å². The van der Waals surface area contributed by atoms with E-state index < -0.39 is 18.2 Å². The van der Waals surface area contributed by atoms with Gasteiger partial charge in [0.1, 0.15) is 6.04 Å². The van der Waals surface area contributed by atoms with Crippen LogP contribution in [0.1, 0.15) is 12.5 Å². The van der Waals surface area contributed by atoms with Crippen molar-refractivity contribution in [3.05, 3.63) is 35.9 Å². The molecule has 0 bridgehead atoms. The summed E-state index contributed by atoms with van der Waals surface area (Å²) in [4.78, 5) is 25.2. The van der Waals surface area contributed by atoms with E-state index >= 15 is 0 Å². The zero-order chi connectivity index (χ0) is 16.1. The molecule has 23 heavy (non-hydrogen) atoms. The van der Waals surface area contributed by atoms with Crippen molar-refractivity contribution in [3.8, 4) is 0 Å². The molecule has 2 amide bonds. The lowest BCUT2D eigenvalue weighted by atomic mass is 9.94. The maximum atomic E-state index is 12.2. The van der Waals surface area contributed by atoms with E-state index in [1.165, 1.54) is 6.92 Å². The second-order valence-electron chi connectivity index (χ2n) is 5.68. The number of aliphatic hydroxyl groups excluding tert-OH is 1. The average molecular weight is 342 g/mol. The number of likely N-dealkylation sites (N-methyl/N-ethyl adjacent to an activating group) is 1. The van der Waals surface area contributed by atoms with Gasteiger partial charge >= 0.3 is 0 Å². The summed E-state index contributed by atoms with van der Waals surface area (Å²) in [6.45, 7) is 2.65.